The number of hydrogen-bond acceptors (Lipinski definition) is 2. The molecule has 9 heavy (non-hydrogen) atoms. The SMILES string of the molecule is C#CC1=CN(C)S(=O)O1. The molecule has 1 rings (SSSR count). The highest BCUT2D eigenvalue weighted by Gasteiger charge is 2.15. The van der Waals surface area contributed by atoms with Gasteiger partial charge >= 0.3 is 11.3 Å². The Hall–Kier alpha value is -0.950. The van der Waals surface area contributed by atoms with Gasteiger partial charge in [-0.15, -0.1) is 6.42 Å². The highest BCUT2D eigenvalue weighted by Crippen LogP contribution is 2.11. The summed E-state index contributed by atoms with van der Waals surface area (Å²) in [7, 11) is 1.63. The first kappa shape index (κ1) is 6.17. The molecule has 0 fully saturated rings. The second-order valence-corrected chi connectivity index (χ2v) is 2.66. The molecule has 48 valence electrons. The third-order valence-electron chi connectivity index (χ3n) is 0.838. The molecule has 1 unspecified atom stereocenters. The minimum atomic E-state index is -1.40. The Morgan fingerprint density at radius 3 is 2.89 bits per heavy atom. The van der Waals surface area contributed by atoms with E-state index in [2.05, 4.69) is 10.1 Å². The summed E-state index contributed by atoms with van der Waals surface area (Å²) in [4.78, 5) is 0. The van der Waals surface area contributed by atoms with E-state index >= 15 is 0 Å². The average molecular weight is 143 g/mol. The van der Waals surface area contributed by atoms with Crippen molar-refractivity contribution < 1.29 is 8.39 Å². The highest BCUT2D eigenvalue weighted by atomic mass is 32.2. The van der Waals surface area contributed by atoms with Crippen LogP contribution in [0.5, 0.6) is 0 Å². The first-order valence-electron chi connectivity index (χ1n) is 2.25. The Bertz CT molecular complexity index is 215. The van der Waals surface area contributed by atoms with Crippen molar-refractivity contribution in [3.63, 3.8) is 0 Å². The number of terminal acetylenes is 1. The molecule has 0 aromatic rings. The third kappa shape index (κ3) is 1.06. The Morgan fingerprint density at radius 1 is 2.00 bits per heavy atom. The van der Waals surface area contributed by atoms with Gasteiger partial charge in [0, 0.05) is 7.05 Å². The molecular formula is C5H5NO2S. The van der Waals surface area contributed by atoms with Crippen LogP contribution in [0.2, 0.25) is 0 Å². The second kappa shape index (κ2) is 2.11. The fraction of sp³-hybridized carbons (Fsp3) is 0.200. The van der Waals surface area contributed by atoms with Gasteiger partial charge < -0.3 is 4.18 Å². The zero-order valence-corrected chi connectivity index (χ0v) is 5.64. The summed E-state index contributed by atoms with van der Waals surface area (Å²) < 4.78 is 16.7. The molecular weight excluding hydrogens is 138 g/mol. The van der Waals surface area contributed by atoms with Crippen molar-refractivity contribution in [1.82, 2.24) is 4.31 Å². The van der Waals surface area contributed by atoms with E-state index in [1.807, 2.05) is 0 Å². The second-order valence-electron chi connectivity index (χ2n) is 1.48. The molecule has 0 saturated carbocycles. The number of allylic oxidation sites excluding steroid dienone is 1. The van der Waals surface area contributed by atoms with Crippen molar-refractivity contribution in [3.8, 4) is 12.3 Å². The number of rotatable bonds is 0. The van der Waals surface area contributed by atoms with Gasteiger partial charge in [0.05, 0.1) is 6.20 Å². The smallest absolute Gasteiger partial charge is 0.318 e. The van der Waals surface area contributed by atoms with E-state index in [1.165, 1.54) is 10.5 Å². The van der Waals surface area contributed by atoms with Gasteiger partial charge in [0.2, 0.25) is 5.76 Å². The maximum Gasteiger partial charge on any atom is 0.318 e. The lowest BCUT2D eigenvalue weighted by molar-refractivity contribution is 0.478. The van der Waals surface area contributed by atoms with Gasteiger partial charge in [0.15, 0.2) is 0 Å². The first-order valence-corrected chi connectivity index (χ1v) is 3.28. The summed E-state index contributed by atoms with van der Waals surface area (Å²) in [5, 5.41) is 0. The first-order chi connectivity index (χ1) is 4.24. The van der Waals surface area contributed by atoms with Crippen LogP contribution in [0.15, 0.2) is 12.0 Å². The Kier molecular flexibility index (Phi) is 1.45. The largest absolute Gasteiger partial charge is 0.374 e. The van der Waals surface area contributed by atoms with Crippen LogP contribution >= 0.6 is 0 Å². The Morgan fingerprint density at radius 2 is 2.67 bits per heavy atom. The molecule has 1 atom stereocenters. The minimum absolute atomic E-state index is 0.316. The van der Waals surface area contributed by atoms with Crippen LogP contribution in [0.3, 0.4) is 0 Å². The molecule has 3 nitrogen and oxygen atoms in total. The van der Waals surface area contributed by atoms with Crippen LogP contribution in [0.1, 0.15) is 0 Å². The maximum absolute atomic E-state index is 10.6. The van der Waals surface area contributed by atoms with Crippen molar-refractivity contribution in [2.45, 2.75) is 0 Å². The van der Waals surface area contributed by atoms with E-state index in [0.29, 0.717) is 5.76 Å². The van der Waals surface area contributed by atoms with E-state index in [1.54, 1.807) is 7.05 Å². The molecule has 4 heteroatoms. The van der Waals surface area contributed by atoms with Gasteiger partial charge in [-0.1, -0.05) is 0 Å². The lowest BCUT2D eigenvalue weighted by Gasteiger charge is -1.98. The molecule has 0 spiro atoms. The zero-order chi connectivity index (χ0) is 6.85. The lowest BCUT2D eigenvalue weighted by atomic mass is 10.6. The lowest BCUT2D eigenvalue weighted by Crippen LogP contribution is -2.08. The zero-order valence-electron chi connectivity index (χ0n) is 4.83. The highest BCUT2D eigenvalue weighted by molar-refractivity contribution is 7.78. The van der Waals surface area contributed by atoms with Crippen molar-refractivity contribution in [3.05, 3.63) is 12.0 Å². The van der Waals surface area contributed by atoms with Gasteiger partial charge in [-0.05, 0) is 5.92 Å². The molecule has 0 N–H and O–H groups in total. The van der Waals surface area contributed by atoms with E-state index in [0.717, 1.165) is 0 Å². The van der Waals surface area contributed by atoms with Crippen LogP contribution < -0.4 is 0 Å². The topological polar surface area (TPSA) is 29.5 Å². The Balaban J connectivity index is 2.77. The molecule has 0 saturated heterocycles. The molecule has 1 aliphatic heterocycles. The molecule has 0 aliphatic carbocycles. The molecule has 1 heterocycles. The average Bonchev–Trinajstić information content (AvgIpc) is 2.13. The van der Waals surface area contributed by atoms with Gasteiger partial charge in [-0.25, -0.2) is 0 Å². The summed E-state index contributed by atoms with van der Waals surface area (Å²) in [6.45, 7) is 0. The van der Waals surface area contributed by atoms with E-state index in [4.69, 9.17) is 6.42 Å². The van der Waals surface area contributed by atoms with Crippen LogP contribution in [-0.2, 0) is 15.4 Å². The summed E-state index contributed by atoms with van der Waals surface area (Å²) in [6, 6.07) is 0. The van der Waals surface area contributed by atoms with Crippen molar-refractivity contribution >= 4 is 11.3 Å². The quantitative estimate of drug-likeness (QED) is 0.447. The van der Waals surface area contributed by atoms with Crippen molar-refractivity contribution in [2.75, 3.05) is 7.05 Å². The van der Waals surface area contributed by atoms with E-state index in [9.17, 15) is 4.21 Å². The molecule has 0 aromatic heterocycles. The van der Waals surface area contributed by atoms with Crippen molar-refractivity contribution in [1.29, 1.82) is 0 Å². The van der Waals surface area contributed by atoms with Crippen molar-refractivity contribution in [2.24, 2.45) is 0 Å². The Labute approximate surface area is 56.1 Å². The molecule has 0 aromatic carbocycles. The molecule has 0 amide bonds. The number of hydrogen-bond donors (Lipinski definition) is 0. The van der Waals surface area contributed by atoms with Gasteiger partial charge in [0.1, 0.15) is 0 Å². The van der Waals surface area contributed by atoms with Gasteiger partial charge in [-0.3, -0.25) is 4.31 Å². The van der Waals surface area contributed by atoms with Gasteiger partial charge in [-0.2, -0.15) is 4.21 Å². The molecule has 0 radical (unpaired) electrons. The van der Waals surface area contributed by atoms with Crippen LogP contribution in [0.25, 0.3) is 0 Å². The standard InChI is InChI=1S/C5H5NO2S/c1-3-5-4-6(2)9(7)8-5/h1,4H,2H3. The molecule has 0 bridgehead atoms. The summed E-state index contributed by atoms with van der Waals surface area (Å²) in [5.74, 6) is 2.54. The molecule has 1 aliphatic rings. The normalized spacial score (nSPS) is 24.7. The van der Waals surface area contributed by atoms with Gasteiger partial charge in [0.25, 0.3) is 0 Å². The van der Waals surface area contributed by atoms with Crippen LogP contribution in [0, 0.1) is 12.3 Å². The fourth-order valence-corrected chi connectivity index (χ4v) is 0.971. The van der Waals surface area contributed by atoms with E-state index in [-0.39, 0.29) is 0 Å². The monoisotopic (exact) mass is 143 g/mol. The van der Waals surface area contributed by atoms with Crippen LogP contribution in [-0.4, -0.2) is 15.6 Å². The van der Waals surface area contributed by atoms with Crippen LogP contribution in [0.4, 0.5) is 0 Å². The predicted molar refractivity (Wildman–Crippen MR) is 33.9 cm³/mol. The summed E-state index contributed by atoms with van der Waals surface area (Å²) in [6.07, 6.45) is 6.46. The predicted octanol–water partition coefficient (Wildman–Crippen LogP) is 0.00170. The minimum Gasteiger partial charge on any atom is -0.374 e. The van der Waals surface area contributed by atoms with E-state index < -0.39 is 11.3 Å². The fourth-order valence-electron chi connectivity index (χ4n) is 0.427. The number of nitrogens with zero attached hydrogens (tertiary/aromatic N) is 1. The summed E-state index contributed by atoms with van der Waals surface area (Å²) in [5.41, 5.74) is 0. The summed E-state index contributed by atoms with van der Waals surface area (Å²) >= 11 is -1.40. The maximum atomic E-state index is 10.6. The third-order valence-corrected chi connectivity index (χ3v) is 1.74.